The van der Waals surface area contributed by atoms with Crippen LogP contribution in [0.25, 0.3) is 0 Å². The zero-order chi connectivity index (χ0) is 22.4. The molecule has 1 saturated heterocycles. The van der Waals surface area contributed by atoms with Gasteiger partial charge in [-0.05, 0) is 55.7 Å². The van der Waals surface area contributed by atoms with Gasteiger partial charge in [-0.1, -0.05) is 0 Å². The number of likely N-dealkylation sites (N-methyl/N-ethyl adjacent to an activating group) is 1. The van der Waals surface area contributed by atoms with Crippen LogP contribution in [-0.2, 0) is 14.8 Å². The lowest BCUT2D eigenvalue weighted by molar-refractivity contribution is -0.116. The predicted octanol–water partition coefficient (Wildman–Crippen LogP) is 2.95. The first kappa shape index (κ1) is 22.9. The minimum absolute atomic E-state index is 0.0198. The van der Waals surface area contributed by atoms with E-state index in [1.54, 1.807) is 0 Å². The van der Waals surface area contributed by atoms with E-state index in [1.807, 2.05) is 24.3 Å². The summed E-state index contributed by atoms with van der Waals surface area (Å²) in [6, 6.07) is 11.9. The molecule has 0 bridgehead atoms. The number of hydrogen-bond acceptors (Lipinski definition) is 6. The van der Waals surface area contributed by atoms with Crippen LogP contribution in [0.4, 0.5) is 11.4 Å². The van der Waals surface area contributed by atoms with E-state index in [9.17, 15) is 13.2 Å². The molecule has 1 heterocycles. The molecule has 1 N–H and O–H groups in total. The third kappa shape index (κ3) is 5.48. The first-order valence-electron chi connectivity index (χ1n) is 10.2. The molecule has 1 aliphatic heterocycles. The smallest absolute Gasteiger partial charge is 0.243 e. The molecular formula is C22H29N3O5S. The molecular weight excluding hydrogens is 418 g/mol. The van der Waals surface area contributed by atoms with Gasteiger partial charge < -0.3 is 19.7 Å². The molecule has 0 aromatic heterocycles. The van der Waals surface area contributed by atoms with E-state index in [-0.39, 0.29) is 11.4 Å². The predicted molar refractivity (Wildman–Crippen MR) is 120 cm³/mol. The second kappa shape index (κ2) is 10.0. The Morgan fingerprint density at radius 3 is 2.26 bits per heavy atom. The first-order valence-corrected chi connectivity index (χ1v) is 11.6. The molecule has 1 aliphatic rings. The van der Waals surface area contributed by atoms with Gasteiger partial charge >= 0.3 is 0 Å². The number of benzene rings is 2. The van der Waals surface area contributed by atoms with Gasteiger partial charge in [0, 0.05) is 37.6 Å². The van der Waals surface area contributed by atoms with Crippen LogP contribution in [0.3, 0.4) is 0 Å². The number of rotatable bonds is 8. The Morgan fingerprint density at radius 1 is 1.00 bits per heavy atom. The van der Waals surface area contributed by atoms with E-state index < -0.39 is 15.9 Å². The monoisotopic (exact) mass is 447 g/mol. The van der Waals surface area contributed by atoms with Crippen LogP contribution in [0.2, 0.25) is 0 Å². The Morgan fingerprint density at radius 2 is 1.65 bits per heavy atom. The molecule has 2 aromatic carbocycles. The van der Waals surface area contributed by atoms with Crippen molar-refractivity contribution >= 4 is 27.3 Å². The van der Waals surface area contributed by atoms with E-state index in [4.69, 9.17) is 9.47 Å². The fourth-order valence-electron chi connectivity index (χ4n) is 3.55. The number of hydrogen-bond donors (Lipinski definition) is 1. The minimum atomic E-state index is -3.87. The molecule has 1 fully saturated rings. The molecule has 0 radical (unpaired) electrons. The number of carbonyl (C=O) groups excluding carboxylic acids is 1. The summed E-state index contributed by atoms with van der Waals surface area (Å²) in [4.78, 5) is 14.8. The third-order valence-corrected chi connectivity index (χ3v) is 7.10. The second-order valence-corrected chi connectivity index (χ2v) is 9.47. The van der Waals surface area contributed by atoms with E-state index in [0.29, 0.717) is 17.2 Å². The van der Waals surface area contributed by atoms with Gasteiger partial charge in [0.05, 0.1) is 25.7 Å². The molecule has 0 saturated carbocycles. The van der Waals surface area contributed by atoms with Gasteiger partial charge in [-0.2, -0.15) is 4.31 Å². The lowest BCUT2D eigenvalue weighted by Gasteiger charge is -2.28. The molecule has 9 heteroatoms. The average Bonchev–Trinajstić information content (AvgIpc) is 2.79. The summed E-state index contributed by atoms with van der Waals surface area (Å²) in [6.07, 6.45) is 3.66. The van der Waals surface area contributed by atoms with Crippen LogP contribution in [0, 0.1) is 0 Å². The summed E-state index contributed by atoms with van der Waals surface area (Å²) in [6.45, 7) is 1.78. The molecule has 168 valence electrons. The molecule has 0 unspecified atom stereocenters. The highest BCUT2D eigenvalue weighted by Gasteiger charge is 2.24. The third-order valence-electron chi connectivity index (χ3n) is 5.30. The van der Waals surface area contributed by atoms with Gasteiger partial charge in [0.15, 0.2) is 11.5 Å². The van der Waals surface area contributed by atoms with Crippen molar-refractivity contribution in [1.82, 2.24) is 4.31 Å². The number of anilines is 2. The highest BCUT2D eigenvalue weighted by Crippen LogP contribution is 2.30. The maximum absolute atomic E-state index is 12.9. The zero-order valence-corrected chi connectivity index (χ0v) is 18.9. The molecule has 0 atom stereocenters. The number of nitrogens with zero attached hydrogens (tertiary/aromatic N) is 2. The largest absolute Gasteiger partial charge is 0.493 e. The summed E-state index contributed by atoms with van der Waals surface area (Å²) in [5, 5.41) is 2.76. The molecule has 1 amide bonds. The molecule has 31 heavy (non-hydrogen) atoms. The van der Waals surface area contributed by atoms with Gasteiger partial charge in [0.1, 0.15) is 0 Å². The Labute approximate surface area is 183 Å². The minimum Gasteiger partial charge on any atom is -0.493 e. The highest BCUT2D eigenvalue weighted by molar-refractivity contribution is 7.89. The van der Waals surface area contributed by atoms with Crippen molar-refractivity contribution in [1.29, 1.82) is 0 Å². The fourth-order valence-corrected chi connectivity index (χ4v) is 4.70. The average molecular weight is 448 g/mol. The van der Waals surface area contributed by atoms with Crippen LogP contribution < -0.4 is 19.7 Å². The zero-order valence-electron chi connectivity index (χ0n) is 18.1. The highest BCUT2D eigenvalue weighted by atomic mass is 32.2. The van der Waals surface area contributed by atoms with Gasteiger partial charge in [-0.25, -0.2) is 8.42 Å². The lowest BCUT2D eigenvalue weighted by Crippen LogP contribution is -2.35. The Hall–Kier alpha value is -2.78. The summed E-state index contributed by atoms with van der Waals surface area (Å²) in [7, 11) is 0.398. The van der Waals surface area contributed by atoms with Crippen LogP contribution in [0.15, 0.2) is 47.4 Å². The van der Waals surface area contributed by atoms with Gasteiger partial charge in [-0.15, -0.1) is 0 Å². The van der Waals surface area contributed by atoms with Crippen molar-refractivity contribution in [2.45, 2.75) is 24.2 Å². The normalized spacial score (nSPS) is 14.4. The number of ether oxygens (including phenoxy) is 2. The molecule has 0 spiro atoms. The van der Waals surface area contributed by atoms with Crippen molar-refractivity contribution < 1.29 is 22.7 Å². The number of methoxy groups -OCH3 is 2. The number of piperidine rings is 1. The fraction of sp³-hybridized carbons (Fsp3) is 0.409. The summed E-state index contributed by atoms with van der Waals surface area (Å²) >= 11 is 0. The van der Waals surface area contributed by atoms with Crippen molar-refractivity contribution in [2.24, 2.45) is 0 Å². The summed E-state index contributed by atoms with van der Waals surface area (Å²) < 4.78 is 37.0. The van der Waals surface area contributed by atoms with Gasteiger partial charge in [-0.3, -0.25) is 4.79 Å². The van der Waals surface area contributed by atoms with E-state index in [2.05, 4.69) is 10.2 Å². The Balaban J connectivity index is 1.63. The molecule has 3 rings (SSSR count). The number of carbonyl (C=O) groups is 1. The summed E-state index contributed by atoms with van der Waals surface area (Å²) in [5.74, 6) is 0.308. The molecule has 0 aliphatic carbocycles. The van der Waals surface area contributed by atoms with E-state index in [0.717, 1.165) is 23.1 Å². The maximum atomic E-state index is 12.9. The van der Waals surface area contributed by atoms with Crippen LogP contribution in [0.1, 0.15) is 19.3 Å². The quantitative estimate of drug-likeness (QED) is 0.669. The van der Waals surface area contributed by atoms with Crippen LogP contribution in [-0.4, -0.2) is 59.5 Å². The van der Waals surface area contributed by atoms with Gasteiger partial charge in [0.2, 0.25) is 15.9 Å². The number of sulfonamides is 1. The number of amides is 1. The van der Waals surface area contributed by atoms with Crippen molar-refractivity contribution in [2.75, 3.05) is 51.1 Å². The Kier molecular flexibility index (Phi) is 7.40. The molecule has 8 nitrogen and oxygen atoms in total. The number of nitrogens with one attached hydrogen (secondary N) is 1. The Bertz CT molecular complexity index is 1000. The standard InChI is InChI=1S/C22H29N3O5S/c1-24(31(27,28)19-11-12-20(29-2)21(15-19)30-3)16-22(26)23-17-7-9-18(10-8-17)25-13-5-4-6-14-25/h7-12,15H,4-6,13-14,16H2,1-3H3,(H,23,26). The second-order valence-electron chi connectivity index (χ2n) is 7.42. The first-order chi connectivity index (χ1) is 14.8. The van der Waals surface area contributed by atoms with Crippen LogP contribution >= 0.6 is 0 Å². The van der Waals surface area contributed by atoms with Crippen molar-refractivity contribution in [3.63, 3.8) is 0 Å². The lowest BCUT2D eigenvalue weighted by atomic mass is 10.1. The van der Waals surface area contributed by atoms with Crippen molar-refractivity contribution in [3.8, 4) is 11.5 Å². The van der Waals surface area contributed by atoms with E-state index >= 15 is 0 Å². The SMILES string of the molecule is COc1ccc(S(=O)(=O)N(C)CC(=O)Nc2ccc(N3CCCCC3)cc2)cc1OC. The topological polar surface area (TPSA) is 88.2 Å². The van der Waals surface area contributed by atoms with E-state index in [1.165, 1.54) is 58.7 Å². The summed E-state index contributed by atoms with van der Waals surface area (Å²) in [5.41, 5.74) is 1.76. The van der Waals surface area contributed by atoms with Crippen LogP contribution in [0.5, 0.6) is 11.5 Å². The van der Waals surface area contributed by atoms with Gasteiger partial charge in [0.25, 0.3) is 0 Å². The van der Waals surface area contributed by atoms with Crippen molar-refractivity contribution in [3.05, 3.63) is 42.5 Å². The maximum Gasteiger partial charge on any atom is 0.243 e. The molecule has 2 aromatic rings.